The number of hydrogen-bond acceptors (Lipinski definition) is 5. The lowest BCUT2D eigenvalue weighted by atomic mass is 9.97. The van der Waals surface area contributed by atoms with Gasteiger partial charge in [0.05, 0.1) is 27.4 Å². The number of nitrogens with zero attached hydrogens (tertiary/aromatic N) is 3. The number of nitriles is 1. The van der Waals surface area contributed by atoms with Crippen LogP contribution in [0.5, 0.6) is 0 Å². The first-order valence-corrected chi connectivity index (χ1v) is 11.6. The summed E-state index contributed by atoms with van der Waals surface area (Å²) in [4.78, 5) is 14.3. The molecule has 3 rings (SSSR count). The van der Waals surface area contributed by atoms with Crippen molar-refractivity contribution in [2.45, 2.75) is 23.9 Å². The molecule has 1 aliphatic heterocycles. The maximum atomic E-state index is 13.1. The number of piperidine rings is 1. The molecule has 0 aliphatic carbocycles. The van der Waals surface area contributed by atoms with E-state index in [0.29, 0.717) is 5.69 Å². The summed E-state index contributed by atoms with van der Waals surface area (Å²) in [5, 5.41) is 11.8. The number of rotatable bonds is 5. The Morgan fingerprint density at radius 1 is 1.15 bits per heavy atom. The monoisotopic (exact) mass is 480 g/mol. The number of sulfonamides is 1. The number of benzene rings is 2. The maximum absolute atomic E-state index is 13.1. The highest BCUT2D eigenvalue weighted by molar-refractivity contribution is 7.89. The average Bonchev–Trinajstić information content (AvgIpc) is 2.78. The number of amides is 1. The predicted molar refractivity (Wildman–Crippen MR) is 117 cm³/mol. The highest BCUT2D eigenvalue weighted by Crippen LogP contribution is 2.35. The minimum absolute atomic E-state index is 0.0397. The lowest BCUT2D eigenvalue weighted by Gasteiger charge is -2.31. The molecule has 1 saturated heterocycles. The third-order valence-electron chi connectivity index (χ3n) is 5.51. The van der Waals surface area contributed by atoms with Crippen molar-refractivity contribution in [3.63, 3.8) is 0 Å². The second kappa shape index (κ2) is 9.41. The van der Waals surface area contributed by atoms with Gasteiger partial charge in [-0.05, 0) is 43.2 Å². The molecular weight excluding hydrogens is 457 g/mol. The van der Waals surface area contributed by atoms with Crippen LogP contribution in [0.4, 0.5) is 24.5 Å². The van der Waals surface area contributed by atoms with Gasteiger partial charge in [-0.25, -0.2) is 8.42 Å². The molecule has 0 atom stereocenters. The SMILES string of the molecule is CN(C)c1ccc(C(F)(F)F)cc1NC(=O)C1CCN(S(=O)(=O)c2ccccc2C#N)CC1. The van der Waals surface area contributed by atoms with E-state index in [1.807, 2.05) is 6.07 Å². The second-order valence-electron chi connectivity index (χ2n) is 7.90. The summed E-state index contributed by atoms with van der Waals surface area (Å²) < 4.78 is 66.5. The van der Waals surface area contributed by atoms with E-state index in [9.17, 15) is 31.6 Å². The van der Waals surface area contributed by atoms with E-state index in [1.54, 1.807) is 25.1 Å². The van der Waals surface area contributed by atoms with Crippen LogP contribution in [-0.2, 0) is 21.0 Å². The zero-order chi connectivity index (χ0) is 24.4. The second-order valence-corrected chi connectivity index (χ2v) is 9.81. The van der Waals surface area contributed by atoms with Gasteiger partial charge in [0.1, 0.15) is 6.07 Å². The summed E-state index contributed by atoms with van der Waals surface area (Å²) in [6, 6.07) is 10.9. The Bertz CT molecular complexity index is 1180. The van der Waals surface area contributed by atoms with Crippen LogP contribution in [0, 0.1) is 17.2 Å². The highest BCUT2D eigenvalue weighted by atomic mass is 32.2. The zero-order valence-electron chi connectivity index (χ0n) is 18.1. The molecule has 11 heteroatoms. The molecule has 0 radical (unpaired) electrons. The molecule has 0 spiro atoms. The van der Waals surface area contributed by atoms with E-state index in [0.717, 1.165) is 12.1 Å². The minimum atomic E-state index is -4.55. The quantitative estimate of drug-likeness (QED) is 0.705. The van der Waals surface area contributed by atoms with E-state index < -0.39 is 33.6 Å². The molecule has 176 valence electrons. The number of anilines is 2. The first-order valence-electron chi connectivity index (χ1n) is 10.1. The van der Waals surface area contributed by atoms with Crippen molar-refractivity contribution < 1.29 is 26.4 Å². The maximum Gasteiger partial charge on any atom is 0.416 e. The van der Waals surface area contributed by atoms with Crippen LogP contribution in [0.3, 0.4) is 0 Å². The summed E-state index contributed by atoms with van der Waals surface area (Å²) in [6.07, 6.45) is -4.14. The van der Waals surface area contributed by atoms with Gasteiger partial charge in [-0.15, -0.1) is 0 Å². The molecule has 1 N–H and O–H groups in total. The summed E-state index contributed by atoms with van der Waals surface area (Å²) in [6.45, 7) is 0.118. The van der Waals surface area contributed by atoms with Gasteiger partial charge in [-0.1, -0.05) is 12.1 Å². The first-order chi connectivity index (χ1) is 15.4. The van der Waals surface area contributed by atoms with E-state index in [-0.39, 0.29) is 42.1 Å². The van der Waals surface area contributed by atoms with E-state index in [4.69, 9.17) is 0 Å². The van der Waals surface area contributed by atoms with Gasteiger partial charge in [0.15, 0.2) is 0 Å². The Kier molecular flexibility index (Phi) is 7.00. The summed E-state index contributed by atoms with van der Waals surface area (Å²) in [7, 11) is -0.598. The van der Waals surface area contributed by atoms with Crippen molar-refractivity contribution in [3.05, 3.63) is 53.6 Å². The molecule has 0 unspecified atom stereocenters. The Hall–Kier alpha value is -3.10. The fourth-order valence-corrected chi connectivity index (χ4v) is 5.33. The zero-order valence-corrected chi connectivity index (χ0v) is 18.9. The number of carbonyl (C=O) groups is 1. The fourth-order valence-electron chi connectivity index (χ4n) is 3.72. The topological polar surface area (TPSA) is 93.5 Å². The normalized spacial score (nSPS) is 15.6. The molecular formula is C22H23F3N4O3S. The third-order valence-corrected chi connectivity index (χ3v) is 7.47. The van der Waals surface area contributed by atoms with Gasteiger partial charge in [0.25, 0.3) is 0 Å². The van der Waals surface area contributed by atoms with Gasteiger partial charge >= 0.3 is 6.18 Å². The van der Waals surface area contributed by atoms with Crippen LogP contribution >= 0.6 is 0 Å². The minimum Gasteiger partial charge on any atom is -0.376 e. The molecule has 33 heavy (non-hydrogen) atoms. The van der Waals surface area contributed by atoms with Crippen LogP contribution in [0.2, 0.25) is 0 Å². The Balaban J connectivity index is 1.73. The molecule has 0 saturated carbocycles. The lowest BCUT2D eigenvalue weighted by molar-refractivity contribution is -0.137. The van der Waals surface area contributed by atoms with Crippen molar-refractivity contribution >= 4 is 27.3 Å². The standard InChI is InChI=1S/C22H23F3N4O3S/c1-28(2)19-8-7-17(22(23,24)25)13-18(19)27-21(30)15-9-11-29(12-10-15)33(31,32)20-6-4-3-5-16(20)14-26/h3-8,13,15H,9-12H2,1-2H3,(H,27,30). The Morgan fingerprint density at radius 3 is 2.36 bits per heavy atom. The molecule has 0 aromatic heterocycles. The van der Waals surface area contributed by atoms with Crippen molar-refractivity contribution in [2.24, 2.45) is 5.92 Å². The Labute approximate surface area is 190 Å². The van der Waals surface area contributed by atoms with Crippen molar-refractivity contribution in [2.75, 3.05) is 37.4 Å². The van der Waals surface area contributed by atoms with Crippen LogP contribution in [0.15, 0.2) is 47.4 Å². The molecule has 1 heterocycles. The molecule has 7 nitrogen and oxygen atoms in total. The van der Waals surface area contributed by atoms with Crippen LogP contribution in [0.1, 0.15) is 24.0 Å². The molecule has 1 amide bonds. The van der Waals surface area contributed by atoms with E-state index >= 15 is 0 Å². The summed E-state index contributed by atoms with van der Waals surface area (Å²) in [5.41, 5.74) is -0.374. The largest absolute Gasteiger partial charge is 0.416 e. The van der Waals surface area contributed by atoms with Gasteiger partial charge in [-0.3, -0.25) is 4.79 Å². The number of alkyl halides is 3. The van der Waals surface area contributed by atoms with Gasteiger partial charge in [-0.2, -0.15) is 22.7 Å². The number of halogens is 3. The van der Waals surface area contributed by atoms with Crippen molar-refractivity contribution in [1.29, 1.82) is 5.26 Å². The van der Waals surface area contributed by atoms with Gasteiger partial charge in [0, 0.05) is 33.1 Å². The van der Waals surface area contributed by atoms with E-state index in [2.05, 4.69) is 5.32 Å². The van der Waals surface area contributed by atoms with Gasteiger partial charge < -0.3 is 10.2 Å². The van der Waals surface area contributed by atoms with E-state index in [1.165, 1.54) is 28.6 Å². The van der Waals surface area contributed by atoms with Crippen LogP contribution in [0.25, 0.3) is 0 Å². The number of carbonyl (C=O) groups excluding carboxylic acids is 1. The average molecular weight is 481 g/mol. The van der Waals surface area contributed by atoms with Crippen LogP contribution < -0.4 is 10.2 Å². The molecule has 1 aliphatic rings. The fraction of sp³-hybridized carbons (Fsp3) is 0.364. The Morgan fingerprint density at radius 2 is 1.79 bits per heavy atom. The number of nitrogens with one attached hydrogen (secondary N) is 1. The summed E-state index contributed by atoms with van der Waals surface area (Å²) in [5.74, 6) is -1.03. The molecule has 2 aromatic carbocycles. The molecule has 2 aromatic rings. The molecule has 1 fully saturated rings. The van der Waals surface area contributed by atoms with Gasteiger partial charge in [0.2, 0.25) is 15.9 Å². The predicted octanol–water partition coefficient (Wildman–Crippen LogP) is 3.68. The summed E-state index contributed by atoms with van der Waals surface area (Å²) >= 11 is 0. The lowest BCUT2D eigenvalue weighted by Crippen LogP contribution is -2.41. The molecule has 0 bridgehead atoms. The third kappa shape index (κ3) is 5.29. The highest BCUT2D eigenvalue weighted by Gasteiger charge is 2.34. The van der Waals surface area contributed by atoms with Crippen molar-refractivity contribution in [3.8, 4) is 6.07 Å². The smallest absolute Gasteiger partial charge is 0.376 e. The first kappa shape index (κ1) is 24.5. The number of hydrogen-bond donors (Lipinski definition) is 1. The van der Waals surface area contributed by atoms with Crippen LogP contribution in [-0.4, -0.2) is 45.8 Å². The van der Waals surface area contributed by atoms with Crippen molar-refractivity contribution in [1.82, 2.24) is 4.31 Å².